The lowest BCUT2D eigenvalue weighted by Gasteiger charge is -2.25. The van der Waals surface area contributed by atoms with E-state index in [1.807, 2.05) is 19.9 Å². The number of hydrogen-bond acceptors (Lipinski definition) is 7. The van der Waals surface area contributed by atoms with Gasteiger partial charge < -0.3 is 15.5 Å². The van der Waals surface area contributed by atoms with Gasteiger partial charge >= 0.3 is 0 Å². The van der Waals surface area contributed by atoms with Crippen molar-refractivity contribution in [2.45, 2.75) is 45.2 Å². The fourth-order valence-electron chi connectivity index (χ4n) is 5.26. The molecule has 2 N–H and O–H groups in total. The second-order valence-electron chi connectivity index (χ2n) is 10.3. The van der Waals surface area contributed by atoms with Crippen molar-refractivity contribution in [1.82, 2.24) is 30.0 Å². The first-order valence-corrected chi connectivity index (χ1v) is 12.5. The number of nitrogens with zero attached hydrogens (tertiary/aromatic N) is 6. The fourth-order valence-corrected chi connectivity index (χ4v) is 5.26. The second kappa shape index (κ2) is 8.86. The largest absolute Gasteiger partial charge is 0.354 e. The van der Waals surface area contributed by atoms with Crippen LogP contribution < -0.4 is 15.5 Å². The Morgan fingerprint density at radius 2 is 2.03 bits per heavy atom. The smallest absolute Gasteiger partial charge is 0.235 e. The first-order valence-electron chi connectivity index (χ1n) is 12.5. The van der Waals surface area contributed by atoms with E-state index < -0.39 is 5.41 Å². The Balaban J connectivity index is 1.48. The molecule has 0 bridgehead atoms. The number of anilines is 2. The molecule has 38 heavy (non-hydrogen) atoms. The number of carbonyl (C=O) groups is 2. The Morgan fingerprint density at radius 1 is 1.21 bits per heavy atom. The molecule has 0 spiro atoms. The summed E-state index contributed by atoms with van der Waals surface area (Å²) in [6.07, 6.45) is 2.43. The molecule has 11 heteroatoms. The van der Waals surface area contributed by atoms with Gasteiger partial charge in [-0.1, -0.05) is 18.2 Å². The van der Waals surface area contributed by atoms with Gasteiger partial charge in [0.1, 0.15) is 23.1 Å². The number of hydrogen-bond donors (Lipinski definition) is 2. The number of halogens is 1. The maximum atomic E-state index is 14.4. The van der Waals surface area contributed by atoms with Gasteiger partial charge in [0.2, 0.25) is 11.8 Å². The van der Waals surface area contributed by atoms with Gasteiger partial charge in [0.15, 0.2) is 11.5 Å². The molecule has 1 atom stereocenters. The van der Waals surface area contributed by atoms with E-state index in [-0.39, 0.29) is 30.2 Å². The molecule has 2 aliphatic heterocycles. The van der Waals surface area contributed by atoms with E-state index in [2.05, 4.69) is 20.5 Å². The van der Waals surface area contributed by atoms with Crippen LogP contribution in [0.4, 0.5) is 16.0 Å². The first kappa shape index (κ1) is 24.0. The van der Waals surface area contributed by atoms with Gasteiger partial charge in [-0.05, 0) is 38.5 Å². The van der Waals surface area contributed by atoms with Gasteiger partial charge in [0, 0.05) is 37.8 Å². The Bertz CT molecular complexity index is 1600. The molecule has 10 nitrogen and oxygen atoms in total. The summed E-state index contributed by atoms with van der Waals surface area (Å²) in [6.45, 7) is 6.63. The van der Waals surface area contributed by atoms with E-state index >= 15 is 0 Å². The molecule has 3 aromatic heterocycles. The van der Waals surface area contributed by atoms with Crippen LogP contribution in [0.15, 0.2) is 42.6 Å². The molecule has 1 saturated heterocycles. The van der Waals surface area contributed by atoms with Crippen molar-refractivity contribution in [3.8, 4) is 11.5 Å². The van der Waals surface area contributed by atoms with Crippen molar-refractivity contribution < 1.29 is 14.0 Å². The highest BCUT2D eigenvalue weighted by Gasteiger charge is 2.44. The third kappa shape index (κ3) is 3.94. The lowest BCUT2D eigenvalue weighted by atomic mass is 9.87. The Labute approximate surface area is 218 Å². The lowest BCUT2D eigenvalue weighted by molar-refractivity contribution is -0.120. The summed E-state index contributed by atoms with van der Waals surface area (Å²) in [5.41, 5.74) is 1.45. The Hall–Kier alpha value is -4.41. The summed E-state index contributed by atoms with van der Waals surface area (Å²) in [6, 6.07) is 10.2. The van der Waals surface area contributed by atoms with Crippen LogP contribution in [0, 0.1) is 5.82 Å². The zero-order valence-electron chi connectivity index (χ0n) is 21.3. The van der Waals surface area contributed by atoms with Gasteiger partial charge in [0.05, 0.1) is 22.9 Å². The minimum absolute atomic E-state index is 0.0141. The lowest BCUT2D eigenvalue weighted by Crippen LogP contribution is -2.36. The van der Waals surface area contributed by atoms with Gasteiger partial charge in [-0.25, -0.2) is 24.0 Å². The monoisotopic (exact) mass is 514 g/mol. The van der Waals surface area contributed by atoms with Crippen molar-refractivity contribution in [2.24, 2.45) is 0 Å². The molecule has 194 valence electrons. The van der Waals surface area contributed by atoms with Crippen LogP contribution in [-0.4, -0.2) is 55.7 Å². The van der Waals surface area contributed by atoms with Crippen LogP contribution in [0.1, 0.15) is 38.3 Å². The van der Waals surface area contributed by atoms with E-state index in [0.29, 0.717) is 47.5 Å². The van der Waals surface area contributed by atoms with Crippen LogP contribution in [0.2, 0.25) is 0 Å². The molecule has 5 heterocycles. The van der Waals surface area contributed by atoms with Crippen molar-refractivity contribution in [1.29, 1.82) is 0 Å². The van der Waals surface area contributed by atoms with Gasteiger partial charge in [0.25, 0.3) is 0 Å². The highest BCUT2D eigenvalue weighted by Crippen LogP contribution is 2.43. The Morgan fingerprint density at radius 3 is 2.82 bits per heavy atom. The molecule has 4 aromatic rings. The van der Waals surface area contributed by atoms with Crippen LogP contribution in [-0.2, 0) is 21.5 Å². The van der Waals surface area contributed by atoms with Crippen LogP contribution in [0.25, 0.3) is 22.6 Å². The van der Waals surface area contributed by atoms with Crippen molar-refractivity contribution in [3.63, 3.8) is 0 Å². The zero-order valence-corrected chi connectivity index (χ0v) is 21.3. The van der Waals surface area contributed by atoms with Gasteiger partial charge in [-0.2, -0.15) is 5.10 Å². The number of rotatable bonds is 5. The zero-order chi connectivity index (χ0) is 26.6. The predicted octanol–water partition coefficient (Wildman–Crippen LogP) is 3.02. The van der Waals surface area contributed by atoms with Crippen LogP contribution in [0.5, 0.6) is 0 Å². The summed E-state index contributed by atoms with van der Waals surface area (Å²) in [5, 5.41) is 11.4. The average Bonchev–Trinajstić information content (AvgIpc) is 3.55. The predicted molar refractivity (Wildman–Crippen MR) is 140 cm³/mol. The maximum Gasteiger partial charge on any atom is 0.235 e. The molecular weight excluding hydrogens is 487 g/mol. The van der Waals surface area contributed by atoms with Crippen LogP contribution >= 0.6 is 0 Å². The summed E-state index contributed by atoms with van der Waals surface area (Å²) in [7, 11) is 0. The highest BCUT2D eigenvalue weighted by atomic mass is 19.1. The molecule has 0 radical (unpaired) electrons. The first-order chi connectivity index (χ1) is 18.2. The molecule has 2 aliphatic rings. The number of nitrogens with one attached hydrogen (secondary N) is 2. The SMILES string of the molecule is CC(=O)NC1CCN(c2nc(-c3nn(Cc4ccccc4F)c4ncccc34)nc3c2C(C)(C)C(=O)N3)C1. The second-order valence-corrected chi connectivity index (χ2v) is 10.3. The number of fused-ring (bicyclic) bond motifs is 2. The summed E-state index contributed by atoms with van der Waals surface area (Å²) < 4.78 is 16.1. The third-order valence-electron chi connectivity index (χ3n) is 7.21. The molecule has 2 amide bonds. The number of benzene rings is 1. The van der Waals surface area contributed by atoms with E-state index in [0.717, 1.165) is 17.4 Å². The Kier molecular flexibility index (Phi) is 5.59. The number of pyridine rings is 1. The van der Waals surface area contributed by atoms with E-state index in [9.17, 15) is 14.0 Å². The van der Waals surface area contributed by atoms with Gasteiger partial charge in [-0.3, -0.25) is 9.59 Å². The minimum Gasteiger partial charge on any atom is -0.354 e. The molecule has 1 unspecified atom stereocenters. The van der Waals surface area contributed by atoms with Crippen LogP contribution in [0.3, 0.4) is 0 Å². The molecule has 0 aliphatic carbocycles. The summed E-state index contributed by atoms with van der Waals surface area (Å²) in [4.78, 5) is 40.8. The standard InChI is InChI=1S/C27H27FN8O2/c1-15(37)30-17-10-12-35(14-17)25-20-22(33-26(38)27(20,2)3)31-23(32-25)21-18-8-6-11-29-24(18)36(34-21)13-16-7-4-5-9-19(16)28/h4-9,11,17H,10,12-14H2,1-3H3,(H,30,37)(H,31,32,33,38). The van der Waals surface area contributed by atoms with E-state index in [4.69, 9.17) is 15.1 Å². The van der Waals surface area contributed by atoms with E-state index in [1.165, 1.54) is 13.0 Å². The molecular formula is C27H27FN8O2. The molecule has 0 saturated carbocycles. The number of carbonyl (C=O) groups excluding carboxylic acids is 2. The average molecular weight is 515 g/mol. The molecule has 1 fully saturated rings. The number of aromatic nitrogens is 5. The normalized spacial score (nSPS) is 18.1. The van der Waals surface area contributed by atoms with Crippen molar-refractivity contribution in [2.75, 3.05) is 23.3 Å². The molecule has 6 rings (SSSR count). The quantitative estimate of drug-likeness (QED) is 0.420. The number of amides is 2. The molecule has 1 aromatic carbocycles. The summed E-state index contributed by atoms with van der Waals surface area (Å²) in [5.74, 6) is 0.865. The minimum atomic E-state index is -0.830. The van der Waals surface area contributed by atoms with Crippen molar-refractivity contribution in [3.05, 3.63) is 59.5 Å². The third-order valence-corrected chi connectivity index (χ3v) is 7.21. The van der Waals surface area contributed by atoms with Gasteiger partial charge in [-0.15, -0.1) is 0 Å². The topological polar surface area (TPSA) is 118 Å². The fraction of sp³-hybridized carbons (Fsp3) is 0.333. The van der Waals surface area contributed by atoms with E-state index in [1.54, 1.807) is 35.1 Å². The maximum absolute atomic E-state index is 14.4. The van der Waals surface area contributed by atoms with Crippen molar-refractivity contribution >= 4 is 34.5 Å². The summed E-state index contributed by atoms with van der Waals surface area (Å²) >= 11 is 0. The highest BCUT2D eigenvalue weighted by molar-refractivity contribution is 6.06.